The molecule has 8 nitrogen and oxygen atoms in total. The number of nitrogens with zero attached hydrogens (tertiary/aromatic N) is 1. The number of urea groups is 1. The Hall–Kier alpha value is -1.83. The first-order valence-corrected chi connectivity index (χ1v) is 6.40. The summed E-state index contributed by atoms with van der Waals surface area (Å²) in [6.07, 6.45) is 0. The predicted molar refractivity (Wildman–Crippen MR) is 70.1 cm³/mol. The van der Waals surface area contributed by atoms with Gasteiger partial charge < -0.3 is 25.4 Å². The third-order valence-electron chi connectivity index (χ3n) is 3.29. The number of ether oxygens (including phenoxy) is 1. The molecule has 1 fully saturated rings. The number of carboxylic acids is 1. The van der Waals surface area contributed by atoms with Gasteiger partial charge >= 0.3 is 12.0 Å². The van der Waals surface area contributed by atoms with Gasteiger partial charge in [0, 0.05) is 20.6 Å². The molecular weight excluding hydrogens is 266 g/mol. The Labute approximate surface area is 117 Å². The van der Waals surface area contributed by atoms with Gasteiger partial charge in [0.2, 0.25) is 5.91 Å². The molecule has 1 rings (SSSR count). The van der Waals surface area contributed by atoms with E-state index in [9.17, 15) is 14.4 Å². The zero-order valence-corrected chi connectivity index (χ0v) is 11.9. The van der Waals surface area contributed by atoms with E-state index in [1.54, 1.807) is 14.0 Å². The molecule has 1 aliphatic rings. The lowest BCUT2D eigenvalue weighted by Crippen LogP contribution is -2.49. The highest BCUT2D eigenvalue weighted by Crippen LogP contribution is 2.14. The van der Waals surface area contributed by atoms with Gasteiger partial charge in [0.05, 0.1) is 25.2 Å². The molecular formula is C12H21N3O5. The zero-order valence-electron chi connectivity index (χ0n) is 11.9. The topological polar surface area (TPSA) is 108 Å². The highest BCUT2D eigenvalue weighted by molar-refractivity contribution is 5.80. The highest BCUT2D eigenvalue weighted by atomic mass is 16.5. The fourth-order valence-electron chi connectivity index (χ4n) is 2.03. The molecule has 1 heterocycles. The van der Waals surface area contributed by atoms with Crippen LogP contribution in [0, 0.1) is 11.8 Å². The minimum Gasteiger partial charge on any atom is -0.481 e. The van der Waals surface area contributed by atoms with Gasteiger partial charge in [-0.25, -0.2) is 4.79 Å². The van der Waals surface area contributed by atoms with E-state index in [1.165, 1.54) is 11.9 Å². The molecule has 0 bridgehead atoms. The lowest BCUT2D eigenvalue weighted by atomic mass is 10.0. The van der Waals surface area contributed by atoms with Crippen molar-refractivity contribution in [3.8, 4) is 0 Å². The van der Waals surface area contributed by atoms with Crippen LogP contribution in [0.3, 0.4) is 0 Å². The number of hydrogen-bond acceptors (Lipinski definition) is 4. The first kappa shape index (κ1) is 16.2. The first-order chi connectivity index (χ1) is 9.36. The number of amides is 3. The minimum absolute atomic E-state index is 0.0959. The summed E-state index contributed by atoms with van der Waals surface area (Å²) in [5.74, 6) is -2.22. The molecule has 0 aliphatic carbocycles. The fraction of sp³-hybridized carbons (Fsp3) is 0.750. The van der Waals surface area contributed by atoms with E-state index in [1.807, 2.05) is 0 Å². The van der Waals surface area contributed by atoms with Crippen molar-refractivity contribution >= 4 is 17.9 Å². The molecule has 3 atom stereocenters. The zero-order chi connectivity index (χ0) is 15.3. The summed E-state index contributed by atoms with van der Waals surface area (Å²) in [4.78, 5) is 35.7. The molecule has 3 amide bonds. The van der Waals surface area contributed by atoms with E-state index in [0.29, 0.717) is 0 Å². The van der Waals surface area contributed by atoms with E-state index < -0.39 is 24.0 Å². The van der Waals surface area contributed by atoms with Crippen molar-refractivity contribution in [3.63, 3.8) is 0 Å². The van der Waals surface area contributed by atoms with Crippen LogP contribution in [0.1, 0.15) is 6.92 Å². The predicted octanol–water partition coefficient (Wildman–Crippen LogP) is -0.890. The van der Waals surface area contributed by atoms with Crippen LogP contribution in [0.4, 0.5) is 4.79 Å². The van der Waals surface area contributed by atoms with E-state index in [0.717, 1.165) is 0 Å². The van der Waals surface area contributed by atoms with Gasteiger partial charge in [-0.1, -0.05) is 6.92 Å². The molecule has 114 valence electrons. The second-order valence-electron chi connectivity index (χ2n) is 4.93. The lowest BCUT2D eigenvalue weighted by Gasteiger charge is -2.24. The van der Waals surface area contributed by atoms with Crippen molar-refractivity contribution in [3.05, 3.63) is 0 Å². The number of carbonyl (C=O) groups is 3. The minimum atomic E-state index is -0.991. The second kappa shape index (κ2) is 7.09. The van der Waals surface area contributed by atoms with Gasteiger partial charge in [-0.05, 0) is 0 Å². The average molecular weight is 287 g/mol. The lowest BCUT2D eigenvalue weighted by molar-refractivity contribution is -0.142. The molecule has 3 unspecified atom stereocenters. The van der Waals surface area contributed by atoms with Crippen molar-refractivity contribution in [2.75, 3.05) is 33.9 Å². The van der Waals surface area contributed by atoms with Crippen LogP contribution >= 0.6 is 0 Å². The summed E-state index contributed by atoms with van der Waals surface area (Å²) in [6, 6.07) is -0.958. The molecule has 1 aliphatic heterocycles. The van der Waals surface area contributed by atoms with Crippen molar-refractivity contribution in [1.29, 1.82) is 0 Å². The van der Waals surface area contributed by atoms with E-state index in [-0.39, 0.29) is 31.6 Å². The maximum Gasteiger partial charge on any atom is 0.317 e. The second-order valence-corrected chi connectivity index (χ2v) is 4.93. The number of rotatable bonds is 5. The number of carboxylic acid groups (broad SMARTS) is 1. The van der Waals surface area contributed by atoms with Crippen LogP contribution in [0.25, 0.3) is 0 Å². The molecule has 0 aromatic carbocycles. The van der Waals surface area contributed by atoms with Gasteiger partial charge in [-0.15, -0.1) is 0 Å². The van der Waals surface area contributed by atoms with Crippen molar-refractivity contribution < 1.29 is 24.2 Å². The van der Waals surface area contributed by atoms with Crippen molar-refractivity contribution in [1.82, 2.24) is 15.5 Å². The molecule has 0 spiro atoms. The third-order valence-corrected chi connectivity index (χ3v) is 3.29. The molecule has 1 saturated heterocycles. The van der Waals surface area contributed by atoms with E-state index >= 15 is 0 Å². The van der Waals surface area contributed by atoms with Crippen molar-refractivity contribution in [2.45, 2.75) is 13.0 Å². The Balaban J connectivity index is 2.49. The van der Waals surface area contributed by atoms with E-state index in [4.69, 9.17) is 9.84 Å². The molecule has 0 aromatic heterocycles. The largest absolute Gasteiger partial charge is 0.481 e. The number of aliphatic carboxylic acids is 1. The molecule has 0 saturated carbocycles. The number of carbonyl (C=O) groups excluding carboxylic acids is 2. The van der Waals surface area contributed by atoms with Gasteiger partial charge in [0.1, 0.15) is 5.92 Å². The van der Waals surface area contributed by atoms with Crippen LogP contribution in [-0.4, -0.2) is 67.8 Å². The summed E-state index contributed by atoms with van der Waals surface area (Å²) >= 11 is 0. The Morgan fingerprint density at radius 3 is 2.60 bits per heavy atom. The monoisotopic (exact) mass is 287 g/mol. The maximum atomic E-state index is 11.9. The fourth-order valence-corrected chi connectivity index (χ4v) is 2.03. The quantitative estimate of drug-likeness (QED) is 0.608. The molecule has 20 heavy (non-hydrogen) atoms. The molecule has 8 heteroatoms. The molecule has 3 N–H and O–H groups in total. The molecule has 0 aromatic rings. The van der Waals surface area contributed by atoms with Crippen LogP contribution in [-0.2, 0) is 14.3 Å². The van der Waals surface area contributed by atoms with Gasteiger partial charge in [0.25, 0.3) is 0 Å². The Bertz CT molecular complexity index is 387. The first-order valence-electron chi connectivity index (χ1n) is 6.40. The SMILES string of the molecule is CNC(=O)C(C)CN(C)C(=O)NC1COCC1C(=O)O. The van der Waals surface area contributed by atoms with Gasteiger partial charge in [-0.3, -0.25) is 9.59 Å². The van der Waals surface area contributed by atoms with E-state index in [2.05, 4.69) is 10.6 Å². The Kier molecular flexibility index (Phi) is 5.75. The summed E-state index contributed by atoms with van der Waals surface area (Å²) < 4.78 is 5.07. The highest BCUT2D eigenvalue weighted by Gasteiger charge is 2.35. The normalized spacial score (nSPS) is 22.9. The van der Waals surface area contributed by atoms with Crippen LogP contribution in [0.2, 0.25) is 0 Å². The summed E-state index contributed by atoms with van der Waals surface area (Å²) in [5.41, 5.74) is 0. The van der Waals surface area contributed by atoms with Crippen LogP contribution in [0.5, 0.6) is 0 Å². The third kappa shape index (κ3) is 4.09. The number of nitrogens with one attached hydrogen (secondary N) is 2. The standard InChI is InChI=1S/C12H21N3O5/c1-7(10(16)13-2)4-15(3)12(19)14-9-6-20-5-8(9)11(17)18/h7-9H,4-6H2,1-3H3,(H,13,16)(H,14,19)(H,17,18). The summed E-state index contributed by atoms with van der Waals surface area (Å²) in [6.45, 7) is 2.23. The van der Waals surface area contributed by atoms with Crippen LogP contribution < -0.4 is 10.6 Å². The molecule has 0 radical (unpaired) electrons. The summed E-state index contributed by atoms with van der Waals surface area (Å²) in [5, 5.41) is 14.1. The van der Waals surface area contributed by atoms with Gasteiger partial charge in [-0.2, -0.15) is 0 Å². The Morgan fingerprint density at radius 1 is 1.40 bits per heavy atom. The van der Waals surface area contributed by atoms with Gasteiger partial charge in [0.15, 0.2) is 0 Å². The summed E-state index contributed by atoms with van der Waals surface area (Å²) in [7, 11) is 3.09. The average Bonchev–Trinajstić information content (AvgIpc) is 2.85. The maximum absolute atomic E-state index is 11.9. The smallest absolute Gasteiger partial charge is 0.317 e. The van der Waals surface area contributed by atoms with Crippen LogP contribution in [0.15, 0.2) is 0 Å². The Morgan fingerprint density at radius 2 is 2.05 bits per heavy atom. The number of hydrogen-bond donors (Lipinski definition) is 3. The van der Waals surface area contributed by atoms with Crippen molar-refractivity contribution in [2.24, 2.45) is 11.8 Å².